The molecular weight excluding hydrogens is 303 g/mol. The van der Waals surface area contributed by atoms with Gasteiger partial charge in [0.15, 0.2) is 0 Å². The molecule has 1 amide bonds. The molecule has 0 spiro atoms. The van der Waals surface area contributed by atoms with Crippen LogP contribution in [-0.2, 0) is 6.54 Å². The summed E-state index contributed by atoms with van der Waals surface area (Å²) in [6.07, 6.45) is -4.74. The Balaban J connectivity index is 1.93. The van der Waals surface area contributed by atoms with Crippen LogP contribution < -0.4 is 15.6 Å². The highest BCUT2D eigenvalue weighted by Crippen LogP contribution is 2.22. The van der Waals surface area contributed by atoms with Gasteiger partial charge in [-0.3, -0.25) is 9.59 Å². The van der Waals surface area contributed by atoms with Crippen LogP contribution in [0, 0.1) is 0 Å². The second-order valence-corrected chi connectivity index (χ2v) is 4.18. The van der Waals surface area contributed by atoms with Crippen LogP contribution in [0.15, 0.2) is 41.2 Å². The second-order valence-electron chi connectivity index (χ2n) is 4.18. The Morgan fingerprint density at radius 1 is 1.18 bits per heavy atom. The molecule has 0 unspecified atom stereocenters. The number of hydrogen-bond donors (Lipinski definition) is 2. The average molecular weight is 313 g/mol. The summed E-state index contributed by atoms with van der Waals surface area (Å²) in [5, 5.41) is 8.18. The number of aromatic nitrogens is 2. The molecule has 0 aliphatic rings. The minimum atomic E-state index is -4.74. The Morgan fingerprint density at radius 3 is 2.41 bits per heavy atom. The highest BCUT2D eigenvalue weighted by molar-refractivity contribution is 5.91. The Kier molecular flexibility index (Phi) is 4.44. The largest absolute Gasteiger partial charge is 0.573 e. The van der Waals surface area contributed by atoms with E-state index < -0.39 is 17.8 Å². The van der Waals surface area contributed by atoms with Crippen LogP contribution >= 0.6 is 0 Å². The van der Waals surface area contributed by atoms with Gasteiger partial charge < -0.3 is 10.1 Å². The number of carbonyl (C=O) groups is 1. The molecule has 9 heteroatoms. The molecule has 116 valence electrons. The first kappa shape index (κ1) is 15.5. The first-order chi connectivity index (χ1) is 10.3. The fourth-order valence-electron chi connectivity index (χ4n) is 1.55. The standard InChI is InChI=1S/C13H10F3N3O3/c14-13(15,16)22-9-3-1-8(2-4-9)7-17-12(21)10-5-6-11(20)19-18-10/h1-6H,7H2,(H,17,21)(H,19,20). The zero-order chi connectivity index (χ0) is 16.2. The van der Waals surface area contributed by atoms with Gasteiger partial charge in [-0.05, 0) is 23.8 Å². The van der Waals surface area contributed by atoms with E-state index in [0.717, 1.165) is 18.2 Å². The molecule has 2 rings (SSSR count). The highest BCUT2D eigenvalue weighted by atomic mass is 19.4. The van der Waals surface area contributed by atoms with Gasteiger partial charge >= 0.3 is 6.36 Å². The van der Waals surface area contributed by atoms with Gasteiger partial charge in [0.2, 0.25) is 0 Å². The van der Waals surface area contributed by atoms with Gasteiger partial charge in [0, 0.05) is 12.6 Å². The highest BCUT2D eigenvalue weighted by Gasteiger charge is 2.30. The van der Waals surface area contributed by atoms with E-state index >= 15 is 0 Å². The molecule has 1 aromatic carbocycles. The molecule has 0 aliphatic carbocycles. The molecule has 22 heavy (non-hydrogen) atoms. The summed E-state index contributed by atoms with van der Waals surface area (Å²) in [6, 6.07) is 7.49. The number of aromatic amines is 1. The van der Waals surface area contributed by atoms with Gasteiger partial charge in [-0.15, -0.1) is 13.2 Å². The predicted octanol–water partition coefficient (Wildman–Crippen LogP) is 1.60. The molecule has 0 bridgehead atoms. The Hall–Kier alpha value is -2.84. The number of hydrogen-bond acceptors (Lipinski definition) is 4. The van der Waals surface area contributed by atoms with Gasteiger partial charge in [0.1, 0.15) is 11.4 Å². The number of amides is 1. The Morgan fingerprint density at radius 2 is 1.86 bits per heavy atom. The minimum absolute atomic E-state index is 0.0247. The van der Waals surface area contributed by atoms with Crippen molar-refractivity contribution in [1.82, 2.24) is 15.5 Å². The smallest absolute Gasteiger partial charge is 0.406 e. The van der Waals surface area contributed by atoms with Crippen LogP contribution in [0.3, 0.4) is 0 Å². The van der Waals surface area contributed by atoms with Crippen molar-refractivity contribution >= 4 is 5.91 Å². The van der Waals surface area contributed by atoms with Gasteiger partial charge in [-0.25, -0.2) is 5.10 Å². The van der Waals surface area contributed by atoms with E-state index in [0.29, 0.717) is 5.56 Å². The number of halogens is 3. The van der Waals surface area contributed by atoms with Crippen molar-refractivity contribution in [1.29, 1.82) is 0 Å². The summed E-state index contributed by atoms with van der Waals surface area (Å²) >= 11 is 0. The third-order valence-electron chi connectivity index (χ3n) is 2.52. The molecule has 2 N–H and O–H groups in total. The van der Waals surface area contributed by atoms with E-state index in [-0.39, 0.29) is 18.0 Å². The van der Waals surface area contributed by atoms with E-state index in [1.165, 1.54) is 18.2 Å². The molecule has 0 saturated carbocycles. The lowest BCUT2D eigenvalue weighted by Gasteiger charge is -2.09. The molecule has 6 nitrogen and oxygen atoms in total. The zero-order valence-electron chi connectivity index (χ0n) is 11.0. The van der Waals surface area contributed by atoms with Crippen molar-refractivity contribution in [3.05, 3.63) is 58.0 Å². The molecular formula is C13H10F3N3O3. The van der Waals surface area contributed by atoms with Gasteiger partial charge in [0.25, 0.3) is 11.5 Å². The quantitative estimate of drug-likeness (QED) is 0.898. The van der Waals surface area contributed by atoms with Crippen LogP contribution in [0.2, 0.25) is 0 Å². The van der Waals surface area contributed by atoms with Crippen molar-refractivity contribution in [2.45, 2.75) is 12.9 Å². The SMILES string of the molecule is O=C(NCc1ccc(OC(F)(F)F)cc1)c1ccc(=O)[nH]n1. The lowest BCUT2D eigenvalue weighted by molar-refractivity contribution is -0.274. The maximum absolute atomic E-state index is 12.0. The number of nitrogens with one attached hydrogen (secondary N) is 2. The first-order valence-electron chi connectivity index (χ1n) is 6.02. The number of nitrogens with zero attached hydrogens (tertiary/aromatic N) is 1. The normalized spacial score (nSPS) is 11.0. The summed E-state index contributed by atoms with van der Waals surface area (Å²) in [4.78, 5) is 22.5. The number of ether oxygens (including phenoxy) is 1. The Bertz CT molecular complexity index is 690. The lowest BCUT2D eigenvalue weighted by Crippen LogP contribution is -2.25. The zero-order valence-corrected chi connectivity index (χ0v) is 11.0. The maximum Gasteiger partial charge on any atom is 0.573 e. The van der Waals surface area contributed by atoms with Gasteiger partial charge in [0.05, 0.1) is 0 Å². The van der Waals surface area contributed by atoms with E-state index in [4.69, 9.17) is 0 Å². The van der Waals surface area contributed by atoms with Gasteiger partial charge in [-0.1, -0.05) is 12.1 Å². The van der Waals surface area contributed by atoms with Crippen molar-refractivity contribution in [2.24, 2.45) is 0 Å². The van der Waals surface area contributed by atoms with E-state index in [9.17, 15) is 22.8 Å². The van der Waals surface area contributed by atoms with Crippen LogP contribution in [0.25, 0.3) is 0 Å². The van der Waals surface area contributed by atoms with Crippen molar-refractivity contribution in [3.63, 3.8) is 0 Å². The first-order valence-corrected chi connectivity index (χ1v) is 6.02. The Labute approximate surface area is 121 Å². The predicted molar refractivity (Wildman–Crippen MR) is 69.2 cm³/mol. The topological polar surface area (TPSA) is 84.1 Å². The number of benzene rings is 1. The number of H-pyrrole nitrogens is 1. The van der Waals surface area contributed by atoms with Crippen LogP contribution in [0.5, 0.6) is 5.75 Å². The summed E-state index contributed by atoms with van der Waals surface area (Å²) in [5.74, 6) is -0.864. The molecule has 0 saturated heterocycles. The van der Waals surface area contributed by atoms with Crippen LogP contribution in [-0.4, -0.2) is 22.5 Å². The summed E-state index contributed by atoms with van der Waals surface area (Å²) in [7, 11) is 0. The van der Waals surface area contributed by atoms with Crippen molar-refractivity contribution < 1.29 is 22.7 Å². The van der Waals surface area contributed by atoms with Crippen molar-refractivity contribution in [2.75, 3.05) is 0 Å². The van der Waals surface area contributed by atoms with Crippen molar-refractivity contribution in [3.8, 4) is 5.75 Å². The molecule has 1 aromatic heterocycles. The second kappa shape index (κ2) is 6.29. The minimum Gasteiger partial charge on any atom is -0.406 e. The molecule has 0 aliphatic heterocycles. The monoisotopic (exact) mass is 313 g/mol. The fraction of sp³-hybridized carbons (Fsp3) is 0.154. The molecule has 2 aromatic rings. The summed E-state index contributed by atoms with van der Waals surface area (Å²) in [6.45, 7) is 0.0892. The number of alkyl halides is 3. The molecule has 1 heterocycles. The summed E-state index contributed by atoms with van der Waals surface area (Å²) in [5.41, 5.74) is 0.167. The van der Waals surface area contributed by atoms with E-state index in [1.807, 2.05) is 0 Å². The van der Waals surface area contributed by atoms with Crippen LogP contribution in [0.1, 0.15) is 16.1 Å². The van der Waals surface area contributed by atoms with E-state index in [2.05, 4.69) is 20.3 Å². The number of rotatable bonds is 4. The number of carbonyl (C=O) groups excluding carboxylic acids is 1. The third kappa shape index (κ3) is 4.62. The summed E-state index contributed by atoms with van der Waals surface area (Å²) < 4.78 is 39.7. The maximum atomic E-state index is 12.0. The van der Waals surface area contributed by atoms with E-state index in [1.54, 1.807) is 0 Å². The third-order valence-corrected chi connectivity index (χ3v) is 2.52. The molecule has 0 atom stereocenters. The molecule has 0 radical (unpaired) electrons. The van der Waals surface area contributed by atoms with Gasteiger partial charge in [-0.2, -0.15) is 5.10 Å². The fourth-order valence-corrected chi connectivity index (χ4v) is 1.55. The lowest BCUT2D eigenvalue weighted by atomic mass is 10.2. The molecule has 0 fully saturated rings. The van der Waals surface area contributed by atoms with Crippen LogP contribution in [0.4, 0.5) is 13.2 Å². The average Bonchev–Trinajstić information content (AvgIpc) is 2.45.